The minimum atomic E-state index is -0.680. The van der Waals surface area contributed by atoms with Gasteiger partial charge in [0.05, 0.1) is 11.0 Å². The molecule has 0 saturated carbocycles. The summed E-state index contributed by atoms with van der Waals surface area (Å²) in [6.45, 7) is 2.30. The molecule has 6 nitrogen and oxygen atoms in total. The van der Waals surface area contributed by atoms with E-state index in [1.54, 1.807) is 30.0 Å². The van der Waals surface area contributed by atoms with Crippen LogP contribution in [-0.4, -0.2) is 43.5 Å². The third-order valence-electron chi connectivity index (χ3n) is 3.70. The van der Waals surface area contributed by atoms with Gasteiger partial charge in [-0.25, -0.2) is 0 Å². The van der Waals surface area contributed by atoms with Gasteiger partial charge in [0.2, 0.25) is 5.91 Å². The number of hydrogen-bond acceptors (Lipinski definition) is 4. The molecule has 1 unspecified atom stereocenters. The minimum absolute atomic E-state index is 0.0956. The van der Waals surface area contributed by atoms with Gasteiger partial charge in [0.15, 0.2) is 6.10 Å². The molecule has 150 valence electrons. The van der Waals surface area contributed by atoms with Crippen molar-refractivity contribution in [1.82, 2.24) is 10.2 Å². The Hall–Kier alpha value is -2.09. The molecular formula is C20H23BrClN3O3. The van der Waals surface area contributed by atoms with Gasteiger partial charge in [-0.15, -0.1) is 0 Å². The average Bonchev–Trinajstić information content (AvgIpc) is 2.61. The lowest BCUT2D eigenvalue weighted by molar-refractivity contribution is -0.127. The first-order valence-corrected chi connectivity index (χ1v) is 9.84. The monoisotopic (exact) mass is 467 g/mol. The second kappa shape index (κ2) is 10.5. The van der Waals surface area contributed by atoms with Crippen LogP contribution in [0.5, 0.6) is 5.75 Å². The van der Waals surface area contributed by atoms with E-state index >= 15 is 0 Å². The van der Waals surface area contributed by atoms with Gasteiger partial charge >= 0.3 is 0 Å². The zero-order valence-electron chi connectivity index (χ0n) is 16.0. The Balaban J connectivity index is 1.89. The fourth-order valence-corrected chi connectivity index (χ4v) is 3.17. The molecule has 0 aliphatic heterocycles. The van der Waals surface area contributed by atoms with Crippen molar-refractivity contribution in [2.45, 2.75) is 19.6 Å². The molecule has 0 radical (unpaired) electrons. The number of carbonyl (C=O) groups excluding carboxylic acids is 2. The molecule has 0 spiro atoms. The molecule has 1 atom stereocenters. The van der Waals surface area contributed by atoms with Crippen LogP contribution in [0.25, 0.3) is 0 Å². The van der Waals surface area contributed by atoms with Crippen LogP contribution in [-0.2, 0) is 16.1 Å². The van der Waals surface area contributed by atoms with E-state index in [9.17, 15) is 9.59 Å². The second-order valence-corrected chi connectivity index (χ2v) is 7.83. The fraction of sp³-hybridized carbons (Fsp3) is 0.300. The van der Waals surface area contributed by atoms with Crippen LogP contribution in [0.3, 0.4) is 0 Å². The number of hydrogen-bond donors (Lipinski definition) is 2. The van der Waals surface area contributed by atoms with Crippen LogP contribution in [0.4, 0.5) is 5.69 Å². The predicted molar refractivity (Wildman–Crippen MR) is 115 cm³/mol. The highest BCUT2D eigenvalue weighted by atomic mass is 79.9. The van der Waals surface area contributed by atoms with Crippen molar-refractivity contribution in [2.75, 3.05) is 26.0 Å². The van der Waals surface area contributed by atoms with Crippen molar-refractivity contribution in [3.63, 3.8) is 0 Å². The Morgan fingerprint density at radius 3 is 2.64 bits per heavy atom. The van der Waals surface area contributed by atoms with Gasteiger partial charge in [-0.1, -0.05) is 23.7 Å². The molecule has 0 heterocycles. The highest BCUT2D eigenvalue weighted by Gasteiger charge is 2.16. The van der Waals surface area contributed by atoms with Gasteiger partial charge in [-0.05, 0) is 72.8 Å². The summed E-state index contributed by atoms with van der Waals surface area (Å²) in [6, 6.07) is 12.5. The van der Waals surface area contributed by atoms with E-state index in [4.69, 9.17) is 16.3 Å². The maximum Gasteiger partial charge on any atom is 0.261 e. The molecule has 28 heavy (non-hydrogen) atoms. The molecule has 2 aromatic carbocycles. The van der Waals surface area contributed by atoms with E-state index in [0.29, 0.717) is 34.0 Å². The molecule has 2 aromatic rings. The number of rotatable bonds is 8. The van der Waals surface area contributed by atoms with Gasteiger partial charge in [0.1, 0.15) is 5.75 Å². The molecular weight excluding hydrogens is 446 g/mol. The van der Waals surface area contributed by atoms with Gasteiger partial charge < -0.3 is 20.3 Å². The number of halogens is 2. The zero-order valence-corrected chi connectivity index (χ0v) is 18.3. The van der Waals surface area contributed by atoms with Crippen molar-refractivity contribution in [2.24, 2.45) is 0 Å². The molecule has 0 bridgehead atoms. The first-order valence-electron chi connectivity index (χ1n) is 8.67. The standard InChI is InChI=1S/C20H23BrClN3O3/c1-13(28-18-8-7-15(22)10-17(18)21)20(27)23-11-14-5-4-6-16(9-14)24-19(26)12-25(2)3/h4-10,13H,11-12H2,1-3H3,(H,23,27)(H,24,26). The van der Waals surface area contributed by atoms with Crippen molar-refractivity contribution < 1.29 is 14.3 Å². The fourth-order valence-electron chi connectivity index (χ4n) is 2.39. The number of anilines is 1. The van der Waals surface area contributed by atoms with Crippen LogP contribution < -0.4 is 15.4 Å². The topological polar surface area (TPSA) is 70.7 Å². The Morgan fingerprint density at radius 2 is 1.96 bits per heavy atom. The van der Waals surface area contributed by atoms with Crippen molar-refractivity contribution in [3.05, 3.63) is 57.5 Å². The summed E-state index contributed by atoms with van der Waals surface area (Å²) >= 11 is 9.27. The zero-order chi connectivity index (χ0) is 20.7. The van der Waals surface area contributed by atoms with E-state index in [1.807, 2.05) is 38.4 Å². The van der Waals surface area contributed by atoms with Crippen LogP contribution >= 0.6 is 27.5 Å². The van der Waals surface area contributed by atoms with Gasteiger partial charge in [0, 0.05) is 17.3 Å². The summed E-state index contributed by atoms with van der Waals surface area (Å²) in [4.78, 5) is 26.0. The molecule has 2 N–H and O–H groups in total. The third kappa shape index (κ3) is 7.14. The number of likely N-dealkylation sites (N-methyl/N-ethyl adjacent to an activating group) is 1. The molecule has 8 heteroatoms. The Labute approximate surface area is 178 Å². The number of ether oxygens (including phenoxy) is 1. The summed E-state index contributed by atoms with van der Waals surface area (Å²) in [5, 5.41) is 6.25. The number of nitrogens with zero attached hydrogens (tertiary/aromatic N) is 1. The smallest absolute Gasteiger partial charge is 0.261 e. The molecule has 0 aliphatic carbocycles. The first kappa shape index (κ1) is 22.2. The Bertz CT molecular complexity index is 845. The van der Waals surface area contributed by atoms with Crippen LogP contribution in [0.2, 0.25) is 5.02 Å². The Morgan fingerprint density at radius 1 is 1.21 bits per heavy atom. The lowest BCUT2D eigenvalue weighted by Gasteiger charge is -2.16. The largest absolute Gasteiger partial charge is 0.480 e. The van der Waals surface area contributed by atoms with E-state index in [2.05, 4.69) is 26.6 Å². The summed E-state index contributed by atoms with van der Waals surface area (Å²) in [5.74, 6) is 0.197. The SMILES string of the molecule is CC(Oc1ccc(Cl)cc1Br)C(=O)NCc1cccc(NC(=O)CN(C)C)c1. The number of benzene rings is 2. The van der Waals surface area contributed by atoms with E-state index in [1.165, 1.54) is 0 Å². The number of amides is 2. The maximum absolute atomic E-state index is 12.3. The summed E-state index contributed by atoms with van der Waals surface area (Å²) in [5.41, 5.74) is 1.56. The van der Waals surface area contributed by atoms with Crippen LogP contribution in [0.1, 0.15) is 12.5 Å². The highest BCUT2D eigenvalue weighted by Crippen LogP contribution is 2.28. The van der Waals surface area contributed by atoms with E-state index < -0.39 is 6.10 Å². The normalized spacial score (nSPS) is 11.8. The van der Waals surface area contributed by atoms with Gasteiger partial charge in [0.25, 0.3) is 5.91 Å². The van der Waals surface area contributed by atoms with E-state index in [-0.39, 0.29) is 11.8 Å². The number of nitrogens with one attached hydrogen (secondary N) is 2. The second-order valence-electron chi connectivity index (χ2n) is 6.54. The van der Waals surface area contributed by atoms with Gasteiger partial charge in [-0.2, -0.15) is 0 Å². The first-order chi connectivity index (χ1) is 13.2. The van der Waals surface area contributed by atoms with Crippen molar-refractivity contribution in [1.29, 1.82) is 0 Å². The molecule has 0 aromatic heterocycles. The van der Waals surface area contributed by atoms with Gasteiger partial charge in [-0.3, -0.25) is 9.59 Å². The number of carbonyl (C=O) groups is 2. The van der Waals surface area contributed by atoms with Crippen molar-refractivity contribution >= 4 is 45.0 Å². The van der Waals surface area contributed by atoms with Crippen LogP contribution in [0, 0.1) is 0 Å². The summed E-state index contributed by atoms with van der Waals surface area (Å²) in [7, 11) is 3.66. The lowest BCUT2D eigenvalue weighted by Crippen LogP contribution is -2.36. The van der Waals surface area contributed by atoms with Crippen LogP contribution in [0.15, 0.2) is 46.9 Å². The molecule has 0 aliphatic rings. The molecule has 0 saturated heterocycles. The predicted octanol–water partition coefficient (Wildman–Crippen LogP) is 3.69. The quantitative estimate of drug-likeness (QED) is 0.620. The molecule has 0 fully saturated rings. The maximum atomic E-state index is 12.3. The Kier molecular flexibility index (Phi) is 8.29. The highest BCUT2D eigenvalue weighted by molar-refractivity contribution is 9.10. The lowest BCUT2D eigenvalue weighted by atomic mass is 10.2. The molecule has 2 rings (SSSR count). The minimum Gasteiger partial charge on any atom is -0.480 e. The summed E-state index contributed by atoms with van der Waals surface area (Å²) < 4.78 is 6.37. The van der Waals surface area contributed by atoms with Crippen molar-refractivity contribution in [3.8, 4) is 5.75 Å². The third-order valence-corrected chi connectivity index (χ3v) is 4.56. The molecule has 2 amide bonds. The van der Waals surface area contributed by atoms with E-state index in [0.717, 1.165) is 5.56 Å². The average molecular weight is 469 g/mol. The summed E-state index contributed by atoms with van der Waals surface area (Å²) in [6.07, 6.45) is -0.680.